The minimum atomic E-state index is -0.966. The van der Waals surface area contributed by atoms with Crippen molar-refractivity contribution in [2.45, 2.75) is 27.2 Å². The fourth-order valence-corrected chi connectivity index (χ4v) is 2.85. The third-order valence-electron chi connectivity index (χ3n) is 3.81. The van der Waals surface area contributed by atoms with Gasteiger partial charge in [-0.2, -0.15) is 5.10 Å². The Morgan fingerprint density at radius 2 is 2.09 bits per heavy atom. The summed E-state index contributed by atoms with van der Waals surface area (Å²) in [5.74, 6) is -0.966. The second-order valence-corrected chi connectivity index (χ2v) is 5.38. The van der Waals surface area contributed by atoms with Gasteiger partial charge in [0, 0.05) is 29.7 Å². The van der Waals surface area contributed by atoms with Crippen LogP contribution in [0.15, 0.2) is 30.7 Å². The van der Waals surface area contributed by atoms with E-state index in [1.54, 1.807) is 23.8 Å². The lowest BCUT2D eigenvalue weighted by atomic mass is 9.97. The van der Waals surface area contributed by atoms with E-state index in [-0.39, 0.29) is 5.56 Å². The van der Waals surface area contributed by atoms with Crippen LogP contribution in [0.3, 0.4) is 0 Å². The zero-order chi connectivity index (χ0) is 15.9. The first-order chi connectivity index (χ1) is 10.5. The van der Waals surface area contributed by atoms with Crippen LogP contribution in [-0.4, -0.2) is 25.7 Å². The summed E-state index contributed by atoms with van der Waals surface area (Å²) >= 11 is 0. The highest BCUT2D eigenvalue weighted by Crippen LogP contribution is 2.32. The zero-order valence-electron chi connectivity index (χ0n) is 12.8. The van der Waals surface area contributed by atoms with Crippen LogP contribution < -0.4 is 0 Å². The Morgan fingerprint density at radius 3 is 2.73 bits per heavy atom. The maximum atomic E-state index is 11.8. The monoisotopic (exact) mass is 295 g/mol. The van der Waals surface area contributed by atoms with Crippen LogP contribution in [0.4, 0.5) is 0 Å². The van der Waals surface area contributed by atoms with Crippen molar-refractivity contribution >= 4 is 11.5 Å². The van der Waals surface area contributed by atoms with Crippen molar-refractivity contribution in [2.75, 3.05) is 0 Å². The van der Waals surface area contributed by atoms with Crippen LogP contribution >= 0.6 is 0 Å². The molecule has 0 spiro atoms. The van der Waals surface area contributed by atoms with E-state index in [2.05, 4.69) is 10.1 Å². The average molecular weight is 295 g/mol. The van der Waals surface area contributed by atoms with Crippen LogP contribution in [-0.2, 0) is 6.42 Å². The molecule has 3 aromatic heterocycles. The number of carboxylic acid groups (broad SMARTS) is 1. The smallest absolute Gasteiger partial charge is 0.338 e. The topological polar surface area (TPSA) is 67.5 Å². The SMILES string of the molecule is CCc1ccn2nc(C)c(C(=O)O)c(-c3cncc(C)c3)c12. The molecule has 3 rings (SSSR count). The zero-order valence-corrected chi connectivity index (χ0v) is 12.8. The second kappa shape index (κ2) is 5.26. The van der Waals surface area contributed by atoms with Gasteiger partial charge >= 0.3 is 5.97 Å². The van der Waals surface area contributed by atoms with Gasteiger partial charge in [-0.3, -0.25) is 4.98 Å². The lowest BCUT2D eigenvalue weighted by molar-refractivity contribution is 0.0696. The standard InChI is InChI=1S/C17H17N3O2/c1-4-12-5-6-20-16(12)15(13-7-10(2)8-18-9-13)14(17(21)22)11(3)19-20/h5-9H,4H2,1-3H3,(H,21,22). The molecule has 0 atom stereocenters. The van der Waals surface area contributed by atoms with E-state index in [9.17, 15) is 9.90 Å². The number of carboxylic acids is 1. The van der Waals surface area contributed by atoms with Crippen molar-refractivity contribution in [3.63, 3.8) is 0 Å². The molecule has 0 bridgehead atoms. The highest BCUT2D eigenvalue weighted by molar-refractivity contribution is 6.02. The molecular weight excluding hydrogens is 278 g/mol. The first kappa shape index (κ1) is 14.3. The van der Waals surface area contributed by atoms with Gasteiger partial charge in [0.1, 0.15) is 0 Å². The molecular formula is C17H17N3O2. The summed E-state index contributed by atoms with van der Waals surface area (Å²) in [4.78, 5) is 16.0. The van der Waals surface area contributed by atoms with Crippen LogP contribution in [0, 0.1) is 13.8 Å². The molecule has 0 saturated heterocycles. The van der Waals surface area contributed by atoms with E-state index in [0.717, 1.165) is 28.6 Å². The molecule has 0 fully saturated rings. The van der Waals surface area contributed by atoms with Gasteiger partial charge in [0.05, 0.1) is 16.8 Å². The van der Waals surface area contributed by atoms with E-state index in [4.69, 9.17) is 0 Å². The number of rotatable bonds is 3. The van der Waals surface area contributed by atoms with Gasteiger partial charge in [-0.15, -0.1) is 0 Å². The van der Waals surface area contributed by atoms with E-state index < -0.39 is 5.97 Å². The quantitative estimate of drug-likeness (QED) is 0.805. The van der Waals surface area contributed by atoms with Crippen molar-refractivity contribution < 1.29 is 9.90 Å². The number of aryl methyl sites for hydroxylation is 3. The number of fused-ring (bicyclic) bond motifs is 1. The van der Waals surface area contributed by atoms with Crippen molar-refractivity contribution in [3.05, 3.63) is 53.1 Å². The molecule has 0 saturated carbocycles. The number of carbonyl (C=O) groups is 1. The largest absolute Gasteiger partial charge is 0.478 e. The molecule has 5 heteroatoms. The first-order valence-corrected chi connectivity index (χ1v) is 7.19. The Kier molecular flexibility index (Phi) is 3.41. The lowest BCUT2D eigenvalue weighted by Crippen LogP contribution is -2.09. The highest BCUT2D eigenvalue weighted by atomic mass is 16.4. The van der Waals surface area contributed by atoms with Gasteiger partial charge in [-0.05, 0) is 43.5 Å². The maximum Gasteiger partial charge on any atom is 0.338 e. The third-order valence-corrected chi connectivity index (χ3v) is 3.81. The summed E-state index contributed by atoms with van der Waals surface area (Å²) < 4.78 is 1.76. The van der Waals surface area contributed by atoms with Gasteiger partial charge in [-0.1, -0.05) is 6.92 Å². The predicted molar refractivity (Wildman–Crippen MR) is 84.2 cm³/mol. The number of aromatic nitrogens is 3. The lowest BCUT2D eigenvalue weighted by Gasteiger charge is -2.13. The van der Waals surface area contributed by atoms with E-state index in [1.807, 2.05) is 32.2 Å². The summed E-state index contributed by atoms with van der Waals surface area (Å²) in [5, 5.41) is 14.1. The van der Waals surface area contributed by atoms with E-state index in [1.165, 1.54) is 0 Å². The molecule has 0 amide bonds. The van der Waals surface area contributed by atoms with Crippen molar-refractivity contribution in [3.8, 4) is 11.1 Å². The number of hydrogen-bond acceptors (Lipinski definition) is 3. The van der Waals surface area contributed by atoms with Crippen LogP contribution in [0.1, 0.15) is 34.1 Å². The summed E-state index contributed by atoms with van der Waals surface area (Å²) in [6, 6.07) is 3.95. The molecule has 22 heavy (non-hydrogen) atoms. The van der Waals surface area contributed by atoms with Crippen LogP contribution in [0.25, 0.3) is 16.6 Å². The molecule has 0 radical (unpaired) electrons. The van der Waals surface area contributed by atoms with E-state index >= 15 is 0 Å². The minimum Gasteiger partial charge on any atom is -0.478 e. The van der Waals surface area contributed by atoms with Gasteiger partial charge in [-0.25, -0.2) is 9.31 Å². The molecule has 0 unspecified atom stereocenters. The molecule has 3 heterocycles. The second-order valence-electron chi connectivity index (χ2n) is 5.38. The molecule has 0 aromatic carbocycles. The molecule has 112 valence electrons. The Bertz CT molecular complexity index is 881. The molecule has 1 N–H and O–H groups in total. The molecule has 0 aliphatic heterocycles. The fourth-order valence-electron chi connectivity index (χ4n) is 2.85. The summed E-state index contributed by atoms with van der Waals surface area (Å²) in [6.07, 6.45) is 6.15. The predicted octanol–water partition coefficient (Wildman–Crippen LogP) is 3.27. The normalized spacial score (nSPS) is 11.0. The number of aromatic carboxylic acids is 1. The van der Waals surface area contributed by atoms with Crippen LogP contribution in [0.5, 0.6) is 0 Å². The Balaban J connectivity index is 2.50. The summed E-state index contributed by atoms with van der Waals surface area (Å²) in [5.41, 5.74) is 5.15. The number of nitrogens with zero attached hydrogens (tertiary/aromatic N) is 3. The molecule has 3 aromatic rings. The molecule has 0 aliphatic carbocycles. The van der Waals surface area contributed by atoms with Crippen LogP contribution in [0.2, 0.25) is 0 Å². The van der Waals surface area contributed by atoms with Crippen molar-refractivity contribution in [1.29, 1.82) is 0 Å². The van der Waals surface area contributed by atoms with Gasteiger partial charge in [0.25, 0.3) is 0 Å². The van der Waals surface area contributed by atoms with Gasteiger partial charge in [0.15, 0.2) is 0 Å². The van der Waals surface area contributed by atoms with Crippen molar-refractivity contribution in [1.82, 2.24) is 14.6 Å². The Labute approximate surface area is 128 Å². The van der Waals surface area contributed by atoms with Gasteiger partial charge in [0.2, 0.25) is 0 Å². The van der Waals surface area contributed by atoms with E-state index in [0.29, 0.717) is 11.3 Å². The maximum absolute atomic E-state index is 11.8. The summed E-state index contributed by atoms with van der Waals surface area (Å²) in [6.45, 7) is 5.72. The Morgan fingerprint density at radius 1 is 1.32 bits per heavy atom. The van der Waals surface area contributed by atoms with Crippen molar-refractivity contribution in [2.24, 2.45) is 0 Å². The first-order valence-electron chi connectivity index (χ1n) is 7.19. The third kappa shape index (κ3) is 2.15. The fraction of sp³-hybridized carbons (Fsp3) is 0.235. The molecule has 5 nitrogen and oxygen atoms in total. The average Bonchev–Trinajstić information content (AvgIpc) is 2.87. The highest BCUT2D eigenvalue weighted by Gasteiger charge is 2.22. The molecule has 0 aliphatic rings. The summed E-state index contributed by atoms with van der Waals surface area (Å²) in [7, 11) is 0. The van der Waals surface area contributed by atoms with Gasteiger partial charge < -0.3 is 5.11 Å². The number of pyridine rings is 1. The number of hydrogen-bond donors (Lipinski definition) is 1. The Hall–Kier alpha value is -2.69. The minimum absolute atomic E-state index is 0.244.